The highest BCUT2D eigenvalue weighted by molar-refractivity contribution is 5.86. The molecule has 4 heteroatoms. The van der Waals surface area contributed by atoms with Crippen LogP contribution in [0.5, 0.6) is 0 Å². The highest BCUT2D eigenvalue weighted by Gasteiger charge is 2.21. The number of hydrogen-bond acceptors (Lipinski definition) is 4. The maximum absolute atomic E-state index is 11.3. The second kappa shape index (κ2) is 5.36. The van der Waals surface area contributed by atoms with Crippen molar-refractivity contribution in [2.24, 2.45) is 0 Å². The topological polar surface area (TPSA) is 51.5 Å². The Hall–Kier alpha value is -1.29. The van der Waals surface area contributed by atoms with Crippen molar-refractivity contribution < 1.29 is 13.9 Å². The van der Waals surface area contributed by atoms with Gasteiger partial charge in [0.15, 0.2) is 0 Å². The molecule has 1 rings (SSSR count). The van der Waals surface area contributed by atoms with E-state index >= 15 is 0 Å². The zero-order valence-electron chi connectivity index (χ0n) is 11.2. The second-order valence-corrected chi connectivity index (χ2v) is 4.80. The molecule has 96 valence electrons. The number of methoxy groups -OCH3 is 1. The summed E-state index contributed by atoms with van der Waals surface area (Å²) < 4.78 is 10.0. The molecule has 0 saturated carbocycles. The van der Waals surface area contributed by atoms with Crippen molar-refractivity contribution in [3.8, 4) is 0 Å². The van der Waals surface area contributed by atoms with Crippen LogP contribution in [0.1, 0.15) is 56.5 Å². The molecule has 1 N–H and O–H groups in total. The van der Waals surface area contributed by atoms with Crippen LogP contribution in [-0.2, 0) is 4.74 Å². The Morgan fingerprint density at radius 2 is 2.18 bits per heavy atom. The molecule has 1 atom stereocenters. The molecule has 0 aromatic carbocycles. The first-order chi connectivity index (χ1) is 7.89. The zero-order chi connectivity index (χ0) is 13.1. The number of nitrogens with one attached hydrogen (secondary N) is 1. The lowest BCUT2D eigenvalue weighted by Crippen LogP contribution is -2.39. The number of furan rings is 1. The lowest BCUT2D eigenvalue weighted by Gasteiger charge is -2.28. The average Bonchev–Trinajstić information content (AvgIpc) is 2.77. The van der Waals surface area contributed by atoms with Crippen LogP contribution in [0.3, 0.4) is 0 Å². The zero-order valence-corrected chi connectivity index (χ0v) is 11.2. The summed E-state index contributed by atoms with van der Waals surface area (Å²) >= 11 is 0. The molecule has 17 heavy (non-hydrogen) atoms. The summed E-state index contributed by atoms with van der Waals surface area (Å²) in [6.45, 7) is 8.40. The normalized spacial score (nSPS) is 13.5. The third kappa shape index (κ3) is 3.60. The third-order valence-electron chi connectivity index (χ3n) is 2.93. The highest BCUT2D eigenvalue weighted by atomic mass is 16.5. The quantitative estimate of drug-likeness (QED) is 0.803. The van der Waals surface area contributed by atoms with Crippen LogP contribution in [0.2, 0.25) is 0 Å². The van der Waals surface area contributed by atoms with Crippen LogP contribution in [-0.4, -0.2) is 18.6 Å². The Balaban J connectivity index is 2.73. The van der Waals surface area contributed by atoms with Gasteiger partial charge < -0.3 is 14.5 Å². The molecule has 0 amide bonds. The fourth-order valence-corrected chi connectivity index (χ4v) is 1.56. The number of esters is 1. The van der Waals surface area contributed by atoms with E-state index in [1.54, 1.807) is 12.1 Å². The summed E-state index contributed by atoms with van der Waals surface area (Å²) in [5.41, 5.74) is 0.0393. The predicted octanol–water partition coefficient (Wildman–Crippen LogP) is 2.91. The molecule has 4 nitrogen and oxygen atoms in total. The van der Waals surface area contributed by atoms with Crippen molar-refractivity contribution in [2.45, 2.75) is 45.7 Å². The fourth-order valence-electron chi connectivity index (χ4n) is 1.56. The van der Waals surface area contributed by atoms with E-state index in [1.165, 1.54) is 7.11 Å². The summed E-state index contributed by atoms with van der Waals surface area (Å²) in [7, 11) is 1.34. The molecule has 0 aliphatic rings. The molecule has 1 unspecified atom stereocenters. The lowest BCUT2D eigenvalue weighted by atomic mass is 10.0. The third-order valence-corrected chi connectivity index (χ3v) is 2.93. The second-order valence-electron chi connectivity index (χ2n) is 4.80. The van der Waals surface area contributed by atoms with E-state index in [1.807, 2.05) is 6.92 Å². The van der Waals surface area contributed by atoms with Crippen molar-refractivity contribution in [3.05, 3.63) is 23.7 Å². The van der Waals surface area contributed by atoms with Crippen LogP contribution in [0.25, 0.3) is 0 Å². The first-order valence-corrected chi connectivity index (χ1v) is 5.85. The minimum absolute atomic E-state index is 0.0393. The van der Waals surface area contributed by atoms with Crippen LogP contribution < -0.4 is 5.32 Å². The molecule has 0 aliphatic heterocycles. The van der Waals surface area contributed by atoms with Crippen LogP contribution >= 0.6 is 0 Å². The van der Waals surface area contributed by atoms with Gasteiger partial charge in [0.1, 0.15) is 5.76 Å². The molecule has 1 aromatic heterocycles. The van der Waals surface area contributed by atoms with Crippen LogP contribution in [0, 0.1) is 0 Å². The van der Waals surface area contributed by atoms with Gasteiger partial charge in [-0.3, -0.25) is 0 Å². The molecule has 0 aliphatic carbocycles. The number of carbonyl (C=O) groups is 1. The van der Waals surface area contributed by atoms with E-state index in [4.69, 9.17) is 4.42 Å². The largest absolute Gasteiger partial charge is 0.463 e. The molecule has 0 saturated heterocycles. The van der Waals surface area contributed by atoms with E-state index in [9.17, 15) is 4.79 Å². The van der Waals surface area contributed by atoms with Crippen molar-refractivity contribution in [2.75, 3.05) is 7.11 Å². The molecule has 0 spiro atoms. The van der Waals surface area contributed by atoms with E-state index in [0.29, 0.717) is 0 Å². The van der Waals surface area contributed by atoms with E-state index in [-0.39, 0.29) is 17.3 Å². The number of carbonyl (C=O) groups excluding carboxylic acids is 1. The van der Waals surface area contributed by atoms with E-state index in [0.717, 1.165) is 12.2 Å². The minimum atomic E-state index is -0.446. The van der Waals surface area contributed by atoms with Gasteiger partial charge in [-0.15, -0.1) is 0 Å². The van der Waals surface area contributed by atoms with Crippen molar-refractivity contribution in [3.63, 3.8) is 0 Å². The number of ether oxygens (including phenoxy) is 1. The van der Waals surface area contributed by atoms with Crippen molar-refractivity contribution >= 4 is 5.97 Å². The first kappa shape index (κ1) is 13.8. The standard InChI is InChI=1S/C13H21NO3/c1-6-13(3,4)14-9(2)10-7-8-11(17-10)12(15)16-5/h7-9,14H,6H2,1-5H3. The Morgan fingerprint density at radius 3 is 2.71 bits per heavy atom. The Kier molecular flexibility index (Phi) is 4.34. The lowest BCUT2D eigenvalue weighted by molar-refractivity contribution is 0.0562. The summed E-state index contributed by atoms with van der Waals surface area (Å²) in [5, 5.41) is 3.45. The Morgan fingerprint density at radius 1 is 1.53 bits per heavy atom. The minimum Gasteiger partial charge on any atom is -0.463 e. The van der Waals surface area contributed by atoms with Crippen LogP contribution in [0.15, 0.2) is 16.5 Å². The van der Waals surface area contributed by atoms with Gasteiger partial charge in [0.05, 0.1) is 13.2 Å². The molecule has 0 bridgehead atoms. The van der Waals surface area contributed by atoms with E-state index < -0.39 is 5.97 Å². The highest BCUT2D eigenvalue weighted by Crippen LogP contribution is 2.20. The van der Waals surface area contributed by atoms with Gasteiger partial charge >= 0.3 is 5.97 Å². The Bertz CT molecular complexity index is 382. The van der Waals surface area contributed by atoms with Gasteiger partial charge in [-0.25, -0.2) is 4.79 Å². The predicted molar refractivity (Wildman–Crippen MR) is 66.0 cm³/mol. The summed E-state index contributed by atoms with van der Waals surface area (Å²) in [4.78, 5) is 11.3. The summed E-state index contributed by atoms with van der Waals surface area (Å²) in [6.07, 6.45) is 1.02. The molecule has 1 aromatic rings. The van der Waals surface area contributed by atoms with Gasteiger partial charge in [0.25, 0.3) is 0 Å². The number of rotatable bonds is 5. The SMILES string of the molecule is CCC(C)(C)NC(C)c1ccc(C(=O)OC)o1. The van der Waals surface area contributed by atoms with Gasteiger partial charge in [-0.1, -0.05) is 6.92 Å². The average molecular weight is 239 g/mol. The molecular weight excluding hydrogens is 218 g/mol. The molecule has 1 heterocycles. The fraction of sp³-hybridized carbons (Fsp3) is 0.615. The van der Waals surface area contributed by atoms with Gasteiger partial charge in [0, 0.05) is 5.54 Å². The summed E-state index contributed by atoms with van der Waals surface area (Å²) in [5.74, 6) is 0.538. The number of hydrogen-bond donors (Lipinski definition) is 1. The van der Waals surface area contributed by atoms with E-state index in [2.05, 4.69) is 30.8 Å². The van der Waals surface area contributed by atoms with Gasteiger partial charge in [0.2, 0.25) is 5.76 Å². The van der Waals surface area contributed by atoms with Crippen LogP contribution in [0.4, 0.5) is 0 Å². The van der Waals surface area contributed by atoms with Gasteiger partial charge in [-0.2, -0.15) is 0 Å². The first-order valence-electron chi connectivity index (χ1n) is 5.85. The maximum Gasteiger partial charge on any atom is 0.373 e. The molecular formula is C13H21NO3. The van der Waals surface area contributed by atoms with Crippen molar-refractivity contribution in [1.29, 1.82) is 0 Å². The molecule has 0 fully saturated rings. The van der Waals surface area contributed by atoms with Crippen molar-refractivity contribution in [1.82, 2.24) is 5.32 Å². The molecule has 0 radical (unpaired) electrons. The summed E-state index contributed by atoms with van der Waals surface area (Å²) in [6, 6.07) is 3.50. The Labute approximate surface area is 102 Å². The maximum atomic E-state index is 11.3. The van der Waals surface area contributed by atoms with Gasteiger partial charge in [-0.05, 0) is 39.3 Å². The monoisotopic (exact) mass is 239 g/mol. The smallest absolute Gasteiger partial charge is 0.373 e.